The Labute approximate surface area is 115 Å². The quantitative estimate of drug-likeness (QED) is 0.693. The lowest BCUT2D eigenvalue weighted by atomic mass is 9.79. The van der Waals surface area contributed by atoms with Crippen molar-refractivity contribution in [3.8, 4) is 0 Å². The van der Waals surface area contributed by atoms with Crippen LogP contribution < -0.4 is 5.32 Å². The molecule has 0 spiro atoms. The summed E-state index contributed by atoms with van der Waals surface area (Å²) in [6, 6.07) is 3.71. The van der Waals surface area contributed by atoms with Gasteiger partial charge in [0.25, 0.3) is 0 Å². The van der Waals surface area contributed by atoms with Crippen LogP contribution in [-0.2, 0) is 6.42 Å². The van der Waals surface area contributed by atoms with Crippen LogP contribution in [0.3, 0.4) is 0 Å². The van der Waals surface area contributed by atoms with Gasteiger partial charge in [0.2, 0.25) is 0 Å². The van der Waals surface area contributed by atoms with Crippen molar-refractivity contribution in [2.45, 2.75) is 46.5 Å². The van der Waals surface area contributed by atoms with Crippen LogP contribution in [0.5, 0.6) is 0 Å². The normalized spacial score (nSPS) is 14.4. The summed E-state index contributed by atoms with van der Waals surface area (Å²) in [6.07, 6.45) is 3.69. The zero-order chi connectivity index (χ0) is 14.3. The fourth-order valence-corrected chi connectivity index (χ4v) is 2.55. The first-order chi connectivity index (χ1) is 9.00. The molecule has 1 rings (SSSR count). The van der Waals surface area contributed by atoms with Gasteiger partial charge in [-0.3, -0.25) is 0 Å². The molecule has 0 aliphatic rings. The highest BCUT2D eigenvalue weighted by Gasteiger charge is 2.25. The molecule has 0 saturated carbocycles. The van der Waals surface area contributed by atoms with Gasteiger partial charge in [0, 0.05) is 6.54 Å². The van der Waals surface area contributed by atoms with Crippen molar-refractivity contribution in [3.63, 3.8) is 0 Å². The lowest BCUT2D eigenvalue weighted by Crippen LogP contribution is -2.34. The van der Waals surface area contributed by atoms with Crippen LogP contribution in [0.15, 0.2) is 18.2 Å². The molecule has 0 radical (unpaired) electrons. The van der Waals surface area contributed by atoms with E-state index in [1.54, 1.807) is 0 Å². The highest BCUT2D eigenvalue weighted by molar-refractivity contribution is 5.20. The van der Waals surface area contributed by atoms with Crippen LogP contribution >= 0.6 is 0 Å². The molecule has 1 unspecified atom stereocenters. The van der Waals surface area contributed by atoms with Gasteiger partial charge in [-0.25, -0.2) is 8.78 Å². The number of hydrogen-bond acceptors (Lipinski definition) is 1. The Bertz CT molecular complexity index is 392. The first-order valence-corrected chi connectivity index (χ1v) is 7.15. The molecule has 0 aliphatic carbocycles. The molecule has 0 aromatic heterocycles. The third-order valence-electron chi connectivity index (χ3n) is 3.46. The second kappa shape index (κ2) is 7.59. The van der Waals surface area contributed by atoms with E-state index in [4.69, 9.17) is 0 Å². The van der Waals surface area contributed by atoms with E-state index in [2.05, 4.69) is 26.1 Å². The third kappa shape index (κ3) is 5.27. The maximum Gasteiger partial charge on any atom is 0.126 e. The van der Waals surface area contributed by atoms with Gasteiger partial charge in [0.15, 0.2) is 0 Å². The van der Waals surface area contributed by atoms with Crippen molar-refractivity contribution >= 4 is 0 Å². The van der Waals surface area contributed by atoms with Crippen LogP contribution in [0.4, 0.5) is 8.78 Å². The zero-order valence-electron chi connectivity index (χ0n) is 12.2. The molecule has 0 aliphatic heterocycles. The van der Waals surface area contributed by atoms with E-state index in [0.29, 0.717) is 12.0 Å². The van der Waals surface area contributed by atoms with Crippen molar-refractivity contribution in [3.05, 3.63) is 35.4 Å². The zero-order valence-corrected chi connectivity index (χ0v) is 12.2. The summed E-state index contributed by atoms with van der Waals surface area (Å²) in [6.45, 7) is 8.19. The number of nitrogens with one attached hydrogen (secondary N) is 1. The molecule has 1 nitrogen and oxygen atoms in total. The van der Waals surface area contributed by atoms with Crippen LogP contribution in [0.25, 0.3) is 0 Å². The lowest BCUT2D eigenvalue weighted by molar-refractivity contribution is 0.272. The minimum atomic E-state index is -0.364. The summed E-state index contributed by atoms with van der Waals surface area (Å²) in [5.74, 6) is -0.670. The molecule has 0 amide bonds. The van der Waals surface area contributed by atoms with Crippen LogP contribution in [-0.4, -0.2) is 13.1 Å². The first kappa shape index (κ1) is 16.1. The molecule has 0 saturated heterocycles. The van der Waals surface area contributed by atoms with Gasteiger partial charge < -0.3 is 5.32 Å². The fourth-order valence-electron chi connectivity index (χ4n) is 2.55. The van der Waals surface area contributed by atoms with E-state index in [0.717, 1.165) is 32.4 Å². The van der Waals surface area contributed by atoms with Crippen molar-refractivity contribution < 1.29 is 8.78 Å². The standard InChI is InChI=1S/C16H25F2N/c1-4-8-16(3,12-19-9-5-2)11-13-10-14(17)6-7-15(13)18/h6-7,10,19H,4-5,8-9,11-12H2,1-3H3. The average molecular weight is 269 g/mol. The molecule has 1 aromatic carbocycles. The Balaban J connectivity index is 2.78. The Hall–Kier alpha value is -0.960. The Morgan fingerprint density at radius 3 is 2.53 bits per heavy atom. The van der Waals surface area contributed by atoms with Crippen LogP contribution in [0, 0.1) is 17.0 Å². The second-order valence-electron chi connectivity index (χ2n) is 5.65. The summed E-state index contributed by atoms with van der Waals surface area (Å²) in [5.41, 5.74) is 0.452. The van der Waals surface area contributed by atoms with Gasteiger partial charge in [-0.1, -0.05) is 27.2 Å². The molecular formula is C16H25F2N. The summed E-state index contributed by atoms with van der Waals surface area (Å²) in [4.78, 5) is 0. The van der Waals surface area contributed by atoms with Gasteiger partial charge in [0.05, 0.1) is 0 Å². The highest BCUT2D eigenvalue weighted by Crippen LogP contribution is 2.29. The summed E-state index contributed by atoms with van der Waals surface area (Å²) in [7, 11) is 0. The van der Waals surface area contributed by atoms with E-state index in [1.165, 1.54) is 18.2 Å². The SMILES string of the molecule is CCCNCC(C)(CCC)Cc1cc(F)ccc1F. The number of hydrogen-bond donors (Lipinski definition) is 1. The van der Waals surface area contributed by atoms with E-state index >= 15 is 0 Å². The minimum Gasteiger partial charge on any atom is -0.316 e. The smallest absolute Gasteiger partial charge is 0.126 e. The molecule has 1 N–H and O–H groups in total. The molecule has 1 atom stereocenters. The van der Waals surface area contributed by atoms with E-state index in [-0.39, 0.29) is 17.0 Å². The number of halogens is 2. The topological polar surface area (TPSA) is 12.0 Å². The molecule has 0 heterocycles. The monoisotopic (exact) mass is 269 g/mol. The van der Waals surface area contributed by atoms with Crippen molar-refractivity contribution in [2.24, 2.45) is 5.41 Å². The molecule has 3 heteroatoms. The van der Waals surface area contributed by atoms with Gasteiger partial charge in [0.1, 0.15) is 11.6 Å². The number of benzene rings is 1. The summed E-state index contributed by atoms with van der Waals surface area (Å²) < 4.78 is 27.0. The predicted octanol–water partition coefficient (Wildman–Crippen LogP) is 4.31. The Morgan fingerprint density at radius 1 is 1.16 bits per heavy atom. The number of rotatable bonds is 8. The Morgan fingerprint density at radius 2 is 1.89 bits per heavy atom. The molecule has 1 aromatic rings. The molecular weight excluding hydrogens is 244 g/mol. The van der Waals surface area contributed by atoms with Gasteiger partial charge in [-0.2, -0.15) is 0 Å². The maximum atomic E-state index is 13.7. The van der Waals surface area contributed by atoms with Crippen molar-refractivity contribution in [1.82, 2.24) is 5.32 Å². The van der Waals surface area contributed by atoms with Gasteiger partial charge >= 0.3 is 0 Å². The minimum absolute atomic E-state index is 0.0292. The predicted molar refractivity (Wildman–Crippen MR) is 76.2 cm³/mol. The van der Waals surface area contributed by atoms with E-state index < -0.39 is 0 Å². The highest BCUT2D eigenvalue weighted by atomic mass is 19.1. The maximum absolute atomic E-state index is 13.7. The largest absolute Gasteiger partial charge is 0.316 e. The van der Waals surface area contributed by atoms with Crippen LogP contribution in [0.1, 0.15) is 45.6 Å². The average Bonchev–Trinajstić information content (AvgIpc) is 2.34. The molecule has 0 bridgehead atoms. The Kier molecular flexibility index (Phi) is 6.43. The van der Waals surface area contributed by atoms with Crippen molar-refractivity contribution in [1.29, 1.82) is 0 Å². The van der Waals surface area contributed by atoms with E-state index in [1.807, 2.05) is 0 Å². The summed E-state index contributed by atoms with van der Waals surface area (Å²) >= 11 is 0. The first-order valence-electron chi connectivity index (χ1n) is 7.15. The molecule has 108 valence electrons. The van der Waals surface area contributed by atoms with Crippen LogP contribution in [0.2, 0.25) is 0 Å². The lowest BCUT2D eigenvalue weighted by Gasteiger charge is -2.30. The van der Waals surface area contributed by atoms with E-state index in [9.17, 15) is 8.78 Å². The summed E-state index contributed by atoms with van der Waals surface area (Å²) in [5, 5.41) is 3.40. The second-order valence-corrected chi connectivity index (χ2v) is 5.65. The molecule has 0 fully saturated rings. The van der Waals surface area contributed by atoms with Gasteiger partial charge in [-0.05, 0) is 55.0 Å². The molecule has 19 heavy (non-hydrogen) atoms. The van der Waals surface area contributed by atoms with Crippen molar-refractivity contribution in [2.75, 3.05) is 13.1 Å². The third-order valence-corrected chi connectivity index (χ3v) is 3.46. The fraction of sp³-hybridized carbons (Fsp3) is 0.625. The van der Waals surface area contributed by atoms with Gasteiger partial charge in [-0.15, -0.1) is 0 Å².